The van der Waals surface area contributed by atoms with Crippen LogP contribution in [0.15, 0.2) is 22.7 Å². The van der Waals surface area contributed by atoms with Crippen LogP contribution in [0.25, 0.3) is 0 Å². The molecule has 0 saturated carbocycles. The predicted molar refractivity (Wildman–Crippen MR) is 72.1 cm³/mol. The summed E-state index contributed by atoms with van der Waals surface area (Å²) in [4.78, 5) is 24.0. The van der Waals surface area contributed by atoms with Gasteiger partial charge in [0, 0.05) is 10.2 Å². The third-order valence-corrected chi connectivity index (χ3v) is 3.91. The Morgan fingerprint density at radius 1 is 1.47 bits per heavy atom. The number of rotatable bonds is 3. The van der Waals surface area contributed by atoms with Crippen LogP contribution in [0.1, 0.15) is 5.56 Å². The number of anilines is 1. The Kier molecular flexibility index (Phi) is 3.73. The molecule has 90 valence electrons. The van der Waals surface area contributed by atoms with Crippen molar-refractivity contribution in [3.8, 4) is 0 Å². The number of hydrogen-bond donors (Lipinski definition) is 1. The number of benzene rings is 1. The molecule has 1 fully saturated rings. The lowest BCUT2D eigenvalue weighted by Gasteiger charge is -2.15. The van der Waals surface area contributed by atoms with Crippen LogP contribution in [0.5, 0.6) is 0 Å². The first-order valence-corrected chi connectivity index (χ1v) is 6.83. The molecule has 0 aromatic heterocycles. The van der Waals surface area contributed by atoms with E-state index in [9.17, 15) is 9.59 Å². The van der Waals surface area contributed by atoms with Crippen LogP contribution >= 0.6 is 27.7 Å². The first kappa shape index (κ1) is 12.4. The maximum absolute atomic E-state index is 11.4. The lowest BCUT2D eigenvalue weighted by molar-refractivity contribution is -0.124. The molecule has 1 N–H and O–H groups in total. The van der Waals surface area contributed by atoms with Gasteiger partial charge < -0.3 is 5.32 Å². The van der Waals surface area contributed by atoms with E-state index in [-0.39, 0.29) is 23.6 Å². The minimum Gasteiger partial charge on any atom is -0.366 e. The van der Waals surface area contributed by atoms with Gasteiger partial charge in [-0.3, -0.25) is 14.5 Å². The highest BCUT2D eigenvalue weighted by molar-refractivity contribution is 9.10. The summed E-state index contributed by atoms with van der Waals surface area (Å²) in [6.45, 7) is 2.21. The standard InChI is InChI=1S/C11H11BrN2O2S/c1-7-2-3-9(8(12)4-7)13-6-14-10(15)5-17-11(14)16/h2-4,13H,5-6H2,1H3. The summed E-state index contributed by atoms with van der Waals surface area (Å²) in [6.07, 6.45) is 0. The minimum atomic E-state index is -0.189. The monoisotopic (exact) mass is 314 g/mol. The molecule has 4 nitrogen and oxygen atoms in total. The Bertz CT molecular complexity index is 463. The molecule has 1 saturated heterocycles. The molecule has 2 amide bonds. The van der Waals surface area contributed by atoms with E-state index in [0.717, 1.165) is 27.5 Å². The van der Waals surface area contributed by atoms with Crippen molar-refractivity contribution >= 4 is 44.5 Å². The van der Waals surface area contributed by atoms with E-state index in [1.54, 1.807) is 0 Å². The molecule has 1 aromatic carbocycles. The first-order valence-electron chi connectivity index (χ1n) is 5.05. The van der Waals surface area contributed by atoms with Gasteiger partial charge >= 0.3 is 0 Å². The van der Waals surface area contributed by atoms with Gasteiger partial charge in [-0.15, -0.1) is 0 Å². The Morgan fingerprint density at radius 2 is 2.24 bits per heavy atom. The van der Waals surface area contributed by atoms with Crippen LogP contribution in [-0.2, 0) is 4.79 Å². The zero-order valence-corrected chi connectivity index (χ0v) is 11.6. The van der Waals surface area contributed by atoms with E-state index < -0.39 is 0 Å². The molecular weight excluding hydrogens is 304 g/mol. The van der Waals surface area contributed by atoms with Crippen molar-refractivity contribution in [1.29, 1.82) is 0 Å². The summed E-state index contributed by atoms with van der Waals surface area (Å²) in [5.74, 6) is 0.103. The van der Waals surface area contributed by atoms with E-state index in [0.29, 0.717) is 0 Å². The fraction of sp³-hybridized carbons (Fsp3) is 0.273. The van der Waals surface area contributed by atoms with Crippen molar-refractivity contribution < 1.29 is 9.59 Å². The largest absolute Gasteiger partial charge is 0.366 e. The van der Waals surface area contributed by atoms with E-state index in [2.05, 4.69) is 21.2 Å². The highest BCUT2D eigenvalue weighted by atomic mass is 79.9. The molecule has 0 atom stereocenters. The summed E-state index contributed by atoms with van der Waals surface area (Å²) in [6, 6.07) is 5.86. The molecular formula is C11H11BrN2O2S. The van der Waals surface area contributed by atoms with Gasteiger partial charge in [-0.1, -0.05) is 17.8 Å². The summed E-state index contributed by atoms with van der Waals surface area (Å²) >= 11 is 4.47. The first-order chi connectivity index (χ1) is 8.08. The van der Waals surface area contributed by atoms with Crippen LogP contribution in [-0.4, -0.2) is 28.5 Å². The van der Waals surface area contributed by atoms with E-state index >= 15 is 0 Å². The number of nitrogens with one attached hydrogen (secondary N) is 1. The Labute approximate surface area is 112 Å². The maximum Gasteiger partial charge on any atom is 0.290 e. The van der Waals surface area contributed by atoms with Crippen molar-refractivity contribution in [3.05, 3.63) is 28.2 Å². The van der Waals surface area contributed by atoms with Crippen LogP contribution in [0.3, 0.4) is 0 Å². The predicted octanol–water partition coefficient (Wildman–Crippen LogP) is 2.82. The normalized spacial score (nSPS) is 15.5. The van der Waals surface area contributed by atoms with Crippen molar-refractivity contribution in [3.63, 3.8) is 0 Å². The third kappa shape index (κ3) is 2.81. The fourth-order valence-electron chi connectivity index (χ4n) is 1.46. The number of carbonyl (C=O) groups is 2. The van der Waals surface area contributed by atoms with E-state index in [4.69, 9.17) is 0 Å². The number of carbonyl (C=O) groups excluding carboxylic acids is 2. The molecule has 0 unspecified atom stereocenters. The van der Waals surface area contributed by atoms with Gasteiger partial charge in [-0.25, -0.2) is 0 Å². The van der Waals surface area contributed by atoms with Crippen molar-refractivity contribution in [2.45, 2.75) is 6.92 Å². The van der Waals surface area contributed by atoms with Gasteiger partial charge in [-0.05, 0) is 40.5 Å². The highest BCUT2D eigenvalue weighted by Gasteiger charge is 2.29. The number of amides is 2. The van der Waals surface area contributed by atoms with Crippen molar-refractivity contribution in [2.75, 3.05) is 17.7 Å². The lowest BCUT2D eigenvalue weighted by atomic mass is 10.2. The summed E-state index contributed by atoms with van der Waals surface area (Å²) < 4.78 is 0.921. The molecule has 6 heteroatoms. The molecule has 2 rings (SSSR count). The Hall–Kier alpha value is -1.01. The maximum atomic E-state index is 11.4. The molecule has 1 heterocycles. The quantitative estimate of drug-likeness (QED) is 0.932. The van der Waals surface area contributed by atoms with E-state index in [1.165, 1.54) is 4.90 Å². The average Bonchev–Trinajstić information content (AvgIpc) is 2.58. The second kappa shape index (κ2) is 5.10. The van der Waals surface area contributed by atoms with Crippen LogP contribution in [0, 0.1) is 6.92 Å². The van der Waals surface area contributed by atoms with Gasteiger partial charge in [0.05, 0.1) is 12.4 Å². The topological polar surface area (TPSA) is 49.4 Å². The molecule has 0 aliphatic carbocycles. The summed E-state index contributed by atoms with van der Waals surface area (Å²) in [5.41, 5.74) is 2.01. The number of hydrogen-bond acceptors (Lipinski definition) is 4. The average molecular weight is 315 g/mol. The van der Waals surface area contributed by atoms with Gasteiger partial charge in [-0.2, -0.15) is 0 Å². The van der Waals surface area contributed by atoms with Crippen molar-refractivity contribution in [2.24, 2.45) is 0 Å². The SMILES string of the molecule is Cc1ccc(NCN2C(=O)CSC2=O)c(Br)c1. The number of imide groups is 1. The molecule has 0 bridgehead atoms. The van der Waals surface area contributed by atoms with Gasteiger partial charge in [0.1, 0.15) is 0 Å². The molecule has 17 heavy (non-hydrogen) atoms. The third-order valence-electron chi connectivity index (χ3n) is 2.39. The molecule has 1 aliphatic rings. The molecule has 0 radical (unpaired) electrons. The molecule has 0 spiro atoms. The molecule has 1 aliphatic heterocycles. The Balaban J connectivity index is 2.02. The summed E-state index contributed by atoms with van der Waals surface area (Å²) in [7, 11) is 0. The zero-order chi connectivity index (χ0) is 12.4. The number of halogens is 1. The summed E-state index contributed by atoms with van der Waals surface area (Å²) in [5, 5.41) is 2.88. The van der Waals surface area contributed by atoms with Crippen LogP contribution < -0.4 is 5.32 Å². The Morgan fingerprint density at radius 3 is 2.82 bits per heavy atom. The second-order valence-electron chi connectivity index (χ2n) is 3.69. The second-order valence-corrected chi connectivity index (χ2v) is 5.48. The van der Waals surface area contributed by atoms with E-state index in [1.807, 2.05) is 25.1 Å². The van der Waals surface area contributed by atoms with Crippen LogP contribution in [0.4, 0.5) is 10.5 Å². The highest BCUT2D eigenvalue weighted by Crippen LogP contribution is 2.24. The van der Waals surface area contributed by atoms with Crippen LogP contribution in [0.2, 0.25) is 0 Å². The number of nitrogens with zero attached hydrogens (tertiary/aromatic N) is 1. The zero-order valence-electron chi connectivity index (χ0n) is 9.20. The fourth-order valence-corrected chi connectivity index (χ4v) is 2.82. The molecule has 1 aromatic rings. The smallest absolute Gasteiger partial charge is 0.290 e. The number of aryl methyl sites for hydroxylation is 1. The number of thioether (sulfide) groups is 1. The van der Waals surface area contributed by atoms with Gasteiger partial charge in [0.2, 0.25) is 5.91 Å². The van der Waals surface area contributed by atoms with Crippen molar-refractivity contribution in [1.82, 2.24) is 4.90 Å². The minimum absolute atomic E-state index is 0.143. The lowest BCUT2D eigenvalue weighted by Crippen LogP contribution is -2.33. The van der Waals surface area contributed by atoms with Gasteiger partial charge in [0.15, 0.2) is 0 Å². The van der Waals surface area contributed by atoms with Gasteiger partial charge in [0.25, 0.3) is 5.24 Å².